The summed E-state index contributed by atoms with van der Waals surface area (Å²) in [6, 6.07) is 5.46. The third kappa shape index (κ3) is 3.14. The summed E-state index contributed by atoms with van der Waals surface area (Å²) >= 11 is 0. The lowest BCUT2D eigenvalue weighted by Gasteiger charge is -2.25. The van der Waals surface area contributed by atoms with Gasteiger partial charge in [0.05, 0.1) is 27.0 Å². The van der Waals surface area contributed by atoms with Crippen LogP contribution >= 0.6 is 0 Å². The van der Waals surface area contributed by atoms with E-state index in [9.17, 15) is 4.79 Å². The molecule has 1 atom stereocenters. The molecule has 3 heterocycles. The van der Waals surface area contributed by atoms with Gasteiger partial charge in [-0.15, -0.1) is 0 Å². The highest BCUT2D eigenvalue weighted by Gasteiger charge is 2.34. The van der Waals surface area contributed by atoms with E-state index >= 15 is 0 Å². The van der Waals surface area contributed by atoms with Gasteiger partial charge in [-0.2, -0.15) is 9.78 Å². The first-order chi connectivity index (χ1) is 14.1. The van der Waals surface area contributed by atoms with Crippen LogP contribution in [0.2, 0.25) is 0 Å². The molecular formula is C20H21N5O4. The third-order valence-corrected chi connectivity index (χ3v) is 4.93. The number of amides is 1. The van der Waals surface area contributed by atoms with Gasteiger partial charge in [-0.3, -0.25) is 4.79 Å². The van der Waals surface area contributed by atoms with Crippen molar-refractivity contribution < 1.29 is 19.0 Å². The molecule has 1 aromatic carbocycles. The van der Waals surface area contributed by atoms with Crippen LogP contribution in [-0.2, 0) is 4.79 Å². The second kappa shape index (κ2) is 7.42. The predicted molar refractivity (Wildman–Crippen MR) is 105 cm³/mol. The Morgan fingerprint density at radius 1 is 1.07 bits per heavy atom. The van der Waals surface area contributed by atoms with Crippen molar-refractivity contribution in [3.8, 4) is 23.2 Å². The minimum absolute atomic E-state index is 0.117. The number of carbonyl (C=O) groups excluding carboxylic acids is 1. The summed E-state index contributed by atoms with van der Waals surface area (Å²) in [5, 5.41) is 7.50. The quantitative estimate of drug-likeness (QED) is 0.708. The highest BCUT2D eigenvalue weighted by molar-refractivity contribution is 5.95. The van der Waals surface area contributed by atoms with Crippen LogP contribution in [0.15, 0.2) is 30.6 Å². The van der Waals surface area contributed by atoms with E-state index in [2.05, 4.69) is 20.4 Å². The number of anilines is 1. The maximum absolute atomic E-state index is 12.6. The lowest BCUT2D eigenvalue weighted by Crippen LogP contribution is -2.25. The number of nitrogens with one attached hydrogen (secondary N) is 1. The van der Waals surface area contributed by atoms with Gasteiger partial charge in [-0.25, -0.2) is 9.97 Å². The average molecular weight is 395 g/mol. The molecule has 4 rings (SSSR count). The molecule has 9 nitrogen and oxygen atoms in total. The van der Waals surface area contributed by atoms with Crippen LogP contribution in [0.3, 0.4) is 0 Å². The summed E-state index contributed by atoms with van der Waals surface area (Å²) in [6.45, 7) is 1.90. The van der Waals surface area contributed by atoms with E-state index in [1.165, 1.54) is 0 Å². The number of rotatable bonds is 5. The number of benzene rings is 1. The Morgan fingerprint density at radius 3 is 2.31 bits per heavy atom. The second-order valence-corrected chi connectivity index (χ2v) is 6.57. The van der Waals surface area contributed by atoms with Crippen molar-refractivity contribution in [2.75, 3.05) is 26.6 Å². The van der Waals surface area contributed by atoms with Crippen LogP contribution in [-0.4, -0.2) is 47.0 Å². The Kier molecular flexibility index (Phi) is 4.79. The average Bonchev–Trinajstić information content (AvgIpc) is 3.08. The van der Waals surface area contributed by atoms with Crippen LogP contribution in [0.4, 0.5) is 5.82 Å². The minimum Gasteiger partial charge on any atom is -0.493 e. The van der Waals surface area contributed by atoms with Gasteiger partial charge < -0.3 is 19.5 Å². The molecule has 1 N–H and O–H groups in total. The number of methoxy groups -OCH3 is 3. The largest absolute Gasteiger partial charge is 0.493 e. The smallest absolute Gasteiger partial charge is 0.252 e. The SMILES string of the molecule is COc1cc(C2CC(=O)Nc3c2c(C)nn3-c2ncccn2)cc(OC)c1OC. The van der Waals surface area contributed by atoms with Crippen molar-refractivity contribution in [2.24, 2.45) is 0 Å². The topological polar surface area (TPSA) is 100 Å². The Balaban J connectivity index is 1.89. The number of hydrogen-bond donors (Lipinski definition) is 1. The first kappa shape index (κ1) is 18.7. The highest BCUT2D eigenvalue weighted by atomic mass is 16.5. The van der Waals surface area contributed by atoms with Gasteiger partial charge in [-0.1, -0.05) is 0 Å². The minimum atomic E-state index is -0.232. The summed E-state index contributed by atoms with van der Waals surface area (Å²) in [5.41, 5.74) is 2.56. The third-order valence-electron chi connectivity index (χ3n) is 4.93. The Hall–Kier alpha value is -3.62. The van der Waals surface area contributed by atoms with E-state index in [0.29, 0.717) is 29.0 Å². The van der Waals surface area contributed by atoms with E-state index in [1.54, 1.807) is 44.5 Å². The number of carbonyl (C=O) groups is 1. The number of ether oxygens (including phenoxy) is 3. The molecule has 1 aliphatic heterocycles. The summed E-state index contributed by atoms with van der Waals surface area (Å²) in [6.07, 6.45) is 3.54. The number of hydrogen-bond acceptors (Lipinski definition) is 7. The molecule has 1 amide bonds. The monoisotopic (exact) mass is 395 g/mol. The molecule has 9 heteroatoms. The fraction of sp³-hybridized carbons (Fsp3) is 0.300. The number of nitrogens with zero attached hydrogens (tertiary/aromatic N) is 4. The highest BCUT2D eigenvalue weighted by Crippen LogP contribution is 2.45. The second-order valence-electron chi connectivity index (χ2n) is 6.57. The first-order valence-electron chi connectivity index (χ1n) is 9.04. The maximum Gasteiger partial charge on any atom is 0.252 e. The van der Waals surface area contributed by atoms with Gasteiger partial charge in [-0.05, 0) is 30.7 Å². The zero-order valence-electron chi connectivity index (χ0n) is 16.6. The zero-order chi connectivity index (χ0) is 20.5. The zero-order valence-corrected chi connectivity index (χ0v) is 16.6. The van der Waals surface area contributed by atoms with Gasteiger partial charge >= 0.3 is 0 Å². The molecule has 150 valence electrons. The van der Waals surface area contributed by atoms with Gasteiger partial charge in [0.2, 0.25) is 11.7 Å². The molecular weight excluding hydrogens is 374 g/mol. The number of aryl methyl sites for hydroxylation is 1. The Bertz CT molecular complexity index is 1040. The van der Waals surface area contributed by atoms with Crippen molar-refractivity contribution in [1.29, 1.82) is 0 Å². The first-order valence-corrected chi connectivity index (χ1v) is 9.04. The van der Waals surface area contributed by atoms with E-state index in [1.807, 2.05) is 19.1 Å². The lowest BCUT2D eigenvalue weighted by atomic mass is 9.85. The molecule has 0 radical (unpaired) electrons. The summed E-state index contributed by atoms with van der Waals surface area (Å²) in [7, 11) is 4.69. The van der Waals surface area contributed by atoms with E-state index in [0.717, 1.165) is 16.8 Å². The van der Waals surface area contributed by atoms with Gasteiger partial charge in [0.25, 0.3) is 5.95 Å². The summed E-state index contributed by atoms with van der Waals surface area (Å²) in [5.74, 6) is 2.19. The summed E-state index contributed by atoms with van der Waals surface area (Å²) in [4.78, 5) is 21.1. The standard InChI is InChI=1S/C20H21N5O4/c1-11-17-13(12-8-14(27-2)18(29-4)15(9-12)28-3)10-16(26)23-19(17)25(24-11)20-21-6-5-7-22-20/h5-9,13H,10H2,1-4H3,(H,23,26). The van der Waals surface area contributed by atoms with Crippen LogP contribution in [0.1, 0.15) is 29.2 Å². The van der Waals surface area contributed by atoms with Crippen LogP contribution < -0.4 is 19.5 Å². The lowest BCUT2D eigenvalue weighted by molar-refractivity contribution is -0.116. The van der Waals surface area contributed by atoms with Crippen molar-refractivity contribution in [3.63, 3.8) is 0 Å². The molecule has 3 aromatic rings. The van der Waals surface area contributed by atoms with Crippen molar-refractivity contribution in [1.82, 2.24) is 19.7 Å². The fourth-order valence-electron chi connectivity index (χ4n) is 3.68. The Labute approximate surface area is 167 Å². The van der Waals surface area contributed by atoms with Crippen LogP contribution in [0.25, 0.3) is 5.95 Å². The molecule has 0 spiro atoms. The van der Waals surface area contributed by atoms with E-state index in [-0.39, 0.29) is 18.2 Å². The molecule has 29 heavy (non-hydrogen) atoms. The summed E-state index contributed by atoms with van der Waals surface area (Å²) < 4.78 is 17.9. The fourth-order valence-corrected chi connectivity index (χ4v) is 3.68. The molecule has 0 aliphatic carbocycles. The maximum atomic E-state index is 12.6. The molecule has 0 saturated carbocycles. The van der Waals surface area contributed by atoms with E-state index in [4.69, 9.17) is 14.2 Å². The predicted octanol–water partition coefficient (Wildman–Crippen LogP) is 2.47. The molecule has 1 unspecified atom stereocenters. The van der Waals surface area contributed by atoms with E-state index < -0.39 is 0 Å². The molecule has 0 saturated heterocycles. The van der Waals surface area contributed by atoms with Gasteiger partial charge in [0, 0.05) is 30.3 Å². The van der Waals surface area contributed by atoms with Crippen LogP contribution in [0.5, 0.6) is 17.2 Å². The normalized spacial score (nSPS) is 15.4. The number of aromatic nitrogens is 4. The van der Waals surface area contributed by atoms with Crippen molar-refractivity contribution in [2.45, 2.75) is 19.3 Å². The van der Waals surface area contributed by atoms with Gasteiger partial charge in [0.1, 0.15) is 5.82 Å². The molecule has 1 aliphatic rings. The van der Waals surface area contributed by atoms with Gasteiger partial charge in [0.15, 0.2) is 11.5 Å². The van der Waals surface area contributed by atoms with Crippen LogP contribution in [0, 0.1) is 6.92 Å². The molecule has 2 aromatic heterocycles. The van der Waals surface area contributed by atoms with Crippen molar-refractivity contribution >= 4 is 11.7 Å². The Morgan fingerprint density at radius 2 is 1.72 bits per heavy atom. The molecule has 0 bridgehead atoms. The number of fused-ring (bicyclic) bond motifs is 1. The molecule has 0 fully saturated rings. The van der Waals surface area contributed by atoms with Crippen molar-refractivity contribution in [3.05, 3.63) is 47.4 Å².